The highest BCUT2D eigenvalue weighted by atomic mass is 14.4. The average molecular weight is 165 g/mol. The third kappa shape index (κ3) is 1.67. The van der Waals surface area contributed by atoms with Crippen LogP contribution in [-0.4, -0.2) is 0 Å². The molecule has 0 spiro atoms. The molecule has 0 heterocycles. The summed E-state index contributed by atoms with van der Waals surface area (Å²) in [7, 11) is 0. The Morgan fingerprint density at radius 2 is 1.67 bits per heavy atom. The van der Waals surface area contributed by atoms with Gasteiger partial charge in [0.25, 0.3) is 0 Å². The van der Waals surface area contributed by atoms with E-state index in [1.54, 1.807) is 6.42 Å². The molecule has 0 amide bonds. The van der Waals surface area contributed by atoms with E-state index in [9.17, 15) is 0 Å². The van der Waals surface area contributed by atoms with Crippen LogP contribution in [-0.2, 0) is 0 Å². The predicted octanol–water partition coefficient (Wildman–Crippen LogP) is 3.82. The van der Waals surface area contributed by atoms with Crippen LogP contribution in [0.1, 0.15) is 51.9 Å². The van der Waals surface area contributed by atoms with E-state index in [4.69, 9.17) is 0 Å². The SMILES string of the molecule is C[CH]C1CCC2CCCCC2C1. The molecule has 0 nitrogen and oxygen atoms in total. The normalized spacial score (nSPS) is 42.2. The summed E-state index contributed by atoms with van der Waals surface area (Å²) in [5, 5.41) is 0. The molecular weight excluding hydrogens is 144 g/mol. The monoisotopic (exact) mass is 165 g/mol. The minimum atomic E-state index is 0.962. The summed E-state index contributed by atoms with van der Waals surface area (Å²) in [6.45, 7) is 2.24. The van der Waals surface area contributed by atoms with Gasteiger partial charge in [0.2, 0.25) is 0 Å². The summed E-state index contributed by atoms with van der Waals surface area (Å²) >= 11 is 0. The first kappa shape index (κ1) is 8.59. The molecule has 2 aliphatic rings. The van der Waals surface area contributed by atoms with E-state index in [2.05, 4.69) is 13.3 Å². The Morgan fingerprint density at radius 1 is 0.917 bits per heavy atom. The van der Waals surface area contributed by atoms with Crippen LogP contribution in [0.15, 0.2) is 0 Å². The summed E-state index contributed by atoms with van der Waals surface area (Å²) < 4.78 is 0. The smallest absolute Gasteiger partial charge is 0.0383 e. The minimum Gasteiger partial charge on any atom is -0.0620 e. The Kier molecular flexibility index (Phi) is 2.73. The fraction of sp³-hybridized carbons (Fsp3) is 0.917. The van der Waals surface area contributed by atoms with E-state index in [1.807, 2.05) is 0 Å². The van der Waals surface area contributed by atoms with Crippen LogP contribution in [0, 0.1) is 24.2 Å². The van der Waals surface area contributed by atoms with Crippen LogP contribution in [0.3, 0.4) is 0 Å². The average Bonchev–Trinajstić information content (AvgIpc) is 2.17. The van der Waals surface area contributed by atoms with Crippen LogP contribution < -0.4 is 0 Å². The maximum atomic E-state index is 2.44. The van der Waals surface area contributed by atoms with E-state index < -0.39 is 0 Å². The number of hydrogen-bond donors (Lipinski definition) is 0. The van der Waals surface area contributed by atoms with Crippen LogP contribution in [0.5, 0.6) is 0 Å². The molecular formula is C12H21. The van der Waals surface area contributed by atoms with E-state index in [1.165, 1.54) is 38.5 Å². The third-order valence-electron chi connectivity index (χ3n) is 4.05. The largest absolute Gasteiger partial charge is 0.0620 e. The first-order valence-corrected chi connectivity index (χ1v) is 5.69. The van der Waals surface area contributed by atoms with Gasteiger partial charge in [0.1, 0.15) is 0 Å². The predicted molar refractivity (Wildman–Crippen MR) is 52.8 cm³/mol. The standard InChI is InChI=1S/C12H21/c1-2-10-7-8-11-5-3-4-6-12(11)9-10/h2,10-12H,3-9H2,1H3. The third-order valence-corrected chi connectivity index (χ3v) is 4.05. The van der Waals surface area contributed by atoms with Crippen molar-refractivity contribution in [2.45, 2.75) is 51.9 Å². The highest BCUT2D eigenvalue weighted by Crippen LogP contribution is 2.43. The molecule has 0 aliphatic heterocycles. The highest BCUT2D eigenvalue weighted by molar-refractivity contribution is 4.86. The van der Waals surface area contributed by atoms with Gasteiger partial charge >= 0.3 is 0 Å². The van der Waals surface area contributed by atoms with Gasteiger partial charge in [0, 0.05) is 0 Å². The number of hydrogen-bond acceptors (Lipinski definition) is 0. The molecule has 0 bridgehead atoms. The van der Waals surface area contributed by atoms with Crippen molar-refractivity contribution in [2.24, 2.45) is 17.8 Å². The van der Waals surface area contributed by atoms with Crippen molar-refractivity contribution < 1.29 is 0 Å². The zero-order valence-corrected chi connectivity index (χ0v) is 8.26. The molecule has 3 atom stereocenters. The quantitative estimate of drug-likeness (QED) is 0.554. The van der Waals surface area contributed by atoms with Crippen molar-refractivity contribution in [2.75, 3.05) is 0 Å². The molecule has 12 heavy (non-hydrogen) atoms. The Hall–Kier alpha value is 0. The fourth-order valence-corrected chi connectivity index (χ4v) is 3.21. The second-order valence-electron chi connectivity index (χ2n) is 4.71. The van der Waals surface area contributed by atoms with Gasteiger partial charge in [-0.25, -0.2) is 0 Å². The molecule has 0 aromatic rings. The zero-order chi connectivity index (χ0) is 8.39. The summed E-state index contributed by atoms with van der Waals surface area (Å²) in [5.74, 6) is 3.19. The lowest BCUT2D eigenvalue weighted by Crippen LogP contribution is -2.27. The Bertz CT molecular complexity index is 139. The maximum absolute atomic E-state index is 2.44. The number of fused-ring (bicyclic) bond motifs is 1. The molecule has 2 aliphatic carbocycles. The lowest BCUT2D eigenvalue weighted by molar-refractivity contribution is 0.141. The lowest BCUT2D eigenvalue weighted by Gasteiger charge is -2.39. The highest BCUT2D eigenvalue weighted by Gasteiger charge is 2.31. The molecule has 2 saturated carbocycles. The topological polar surface area (TPSA) is 0 Å². The van der Waals surface area contributed by atoms with Crippen LogP contribution in [0.2, 0.25) is 0 Å². The molecule has 0 aromatic heterocycles. The van der Waals surface area contributed by atoms with Gasteiger partial charge in [-0.2, -0.15) is 0 Å². The van der Waals surface area contributed by atoms with Crippen molar-refractivity contribution in [3.8, 4) is 0 Å². The van der Waals surface area contributed by atoms with Crippen molar-refractivity contribution in [1.82, 2.24) is 0 Å². The molecule has 0 N–H and O–H groups in total. The van der Waals surface area contributed by atoms with E-state index in [0.717, 1.165) is 17.8 Å². The first-order valence-electron chi connectivity index (χ1n) is 5.69. The van der Waals surface area contributed by atoms with Crippen LogP contribution in [0.25, 0.3) is 0 Å². The Morgan fingerprint density at radius 3 is 2.42 bits per heavy atom. The summed E-state index contributed by atoms with van der Waals surface area (Å²) in [5.41, 5.74) is 0. The lowest BCUT2D eigenvalue weighted by atomic mass is 9.67. The molecule has 1 radical (unpaired) electrons. The van der Waals surface area contributed by atoms with Crippen molar-refractivity contribution in [3.63, 3.8) is 0 Å². The summed E-state index contributed by atoms with van der Waals surface area (Å²) in [6, 6.07) is 0. The second kappa shape index (κ2) is 3.81. The Balaban J connectivity index is 1.90. The molecule has 0 heteroatoms. The zero-order valence-electron chi connectivity index (χ0n) is 8.26. The molecule has 69 valence electrons. The van der Waals surface area contributed by atoms with E-state index in [0.29, 0.717) is 0 Å². The Labute approximate surface area is 76.7 Å². The van der Waals surface area contributed by atoms with Gasteiger partial charge in [-0.05, 0) is 43.4 Å². The van der Waals surface area contributed by atoms with Gasteiger partial charge < -0.3 is 0 Å². The van der Waals surface area contributed by atoms with Gasteiger partial charge in [-0.3, -0.25) is 0 Å². The maximum Gasteiger partial charge on any atom is -0.0383 e. The van der Waals surface area contributed by atoms with Gasteiger partial charge in [0.15, 0.2) is 0 Å². The van der Waals surface area contributed by atoms with Gasteiger partial charge in [-0.1, -0.05) is 32.6 Å². The molecule has 0 aromatic carbocycles. The van der Waals surface area contributed by atoms with Gasteiger partial charge in [0.05, 0.1) is 0 Å². The molecule has 2 rings (SSSR count). The minimum absolute atomic E-state index is 0.962. The molecule has 0 saturated heterocycles. The van der Waals surface area contributed by atoms with Crippen LogP contribution in [0.4, 0.5) is 0 Å². The van der Waals surface area contributed by atoms with Gasteiger partial charge in [-0.15, -0.1) is 0 Å². The van der Waals surface area contributed by atoms with E-state index in [-0.39, 0.29) is 0 Å². The molecule has 2 fully saturated rings. The first-order chi connectivity index (χ1) is 5.90. The fourth-order valence-electron chi connectivity index (χ4n) is 3.21. The van der Waals surface area contributed by atoms with Crippen molar-refractivity contribution in [3.05, 3.63) is 6.42 Å². The number of rotatable bonds is 1. The summed E-state index contributed by atoms with van der Waals surface area (Å²) in [4.78, 5) is 0. The molecule has 3 unspecified atom stereocenters. The van der Waals surface area contributed by atoms with Crippen molar-refractivity contribution in [1.29, 1.82) is 0 Å². The van der Waals surface area contributed by atoms with E-state index >= 15 is 0 Å². The van der Waals surface area contributed by atoms with Crippen molar-refractivity contribution >= 4 is 0 Å². The second-order valence-corrected chi connectivity index (χ2v) is 4.71. The summed E-state index contributed by atoms with van der Waals surface area (Å²) in [6.07, 6.45) is 13.1. The van der Waals surface area contributed by atoms with Crippen LogP contribution >= 0.6 is 0 Å².